The number of alkyl halides is 1. The summed E-state index contributed by atoms with van der Waals surface area (Å²) >= 11 is 6.02. The second-order valence-corrected chi connectivity index (χ2v) is 10.3. The highest BCUT2D eigenvalue weighted by molar-refractivity contribution is 6.33. The van der Waals surface area contributed by atoms with Gasteiger partial charge in [0.2, 0.25) is 0 Å². The number of halogens is 3. The highest BCUT2D eigenvalue weighted by Crippen LogP contribution is 2.40. The van der Waals surface area contributed by atoms with E-state index in [2.05, 4.69) is 20.6 Å². The number of aromatic amines is 1. The Morgan fingerprint density at radius 1 is 1.31 bits per heavy atom. The molecule has 1 amide bonds. The van der Waals surface area contributed by atoms with Crippen LogP contribution in [0.2, 0.25) is 5.15 Å². The number of carbonyl (C=O) groups is 1. The van der Waals surface area contributed by atoms with Gasteiger partial charge in [-0.3, -0.25) is 14.6 Å². The molecular formula is C24H28ClF2N5O3. The van der Waals surface area contributed by atoms with Crippen molar-refractivity contribution in [3.05, 3.63) is 46.1 Å². The van der Waals surface area contributed by atoms with Crippen molar-refractivity contribution in [1.82, 2.24) is 20.0 Å². The monoisotopic (exact) mass is 507 g/mol. The fourth-order valence-corrected chi connectivity index (χ4v) is 3.83. The van der Waals surface area contributed by atoms with Crippen molar-refractivity contribution in [3.8, 4) is 17.0 Å². The molecule has 1 aliphatic carbocycles. The van der Waals surface area contributed by atoms with Gasteiger partial charge in [-0.25, -0.2) is 8.78 Å². The number of nitrogens with zero attached hydrogens (tertiary/aromatic N) is 3. The Labute approximate surface area is 206 Å². The lowest BCUT2D eigenvalue weighted by Gasteiger charge is -2.18. The van der Waals surface area contributed by atoms with Crippen molar-refractivity contribution >= 4 is 23.2 Å². The van der Waals surface area contributed by atoms with Gasteiger partial charge in [-0.2, -0.15) is 10.2 Å². The molecule has 1 aliphatic rings. The number of aromatic nitrogens is 4. The Kier molecular flexibility index (Phi) is 6.39. The summed E-state index contributed by atoms with van der Waals surface area (Å²) in [5.41, 5.74) is -1.39. The van der Waals surface area contributed by atoms with Gasteiger partial charge in [-0.15, -0.1) is 0 Å². The number of aliphatic hydroxyl groups is 1. The average molecular weight is 508 g/mol. The maximum atomic E-state index is 15.4. The molecule has 0 spiro atoms. The first kappa shape index (κ1) is 25.1. The molecule has 1 aromatic carbocycles. The van der Waals surface area contributed by atoms with Gasteiger partial charge in [0, 0.05) is 5.56 Å². The first-order valence-electron chi connectivity index (χ1n) is 11.2. The Bertz CT molecular complexity index is 1250. The van der Waals surface area contributed by atoms with E-state index < -0.39 is 23.0 Å². The molecule has 4 rings (SSSR count). The first-order valence-corrected chi connectivity index (χ1v) is 11.6. The van der Waals surface area contributed by atoms with Crippen molar-refractivity contribution in [1.29, 1.82) is 0 Å². The summed E-state index contributed by atoms with van der Waals surface area (Å²) in [4.78, 5) is 13.0. The number of anilines is 1. The van der Waals surface area contributed by atoms with E-state index in [1.54, 1.807) is 31.5 Å². The number of aryl methyl sites for hydroxylation is 1. The third-order valence-corrected chi connectivity index (χ3v) is 5.83. The molecule has 1 fully saturated rings. The number of ether oxygens (including phenoxy) is 1. The second-order valence-electron chi connectivity index (χ2n) is 9.95. The molecule has 35 heavy (non-hydrogen) atoms. The van der Waals surface area contributed by atoms with Crippen molar-refractivity contribution in [2.75, 3.05) is 11.9 Å². The maximum absolute atomic E-state index is 15.4. The smallest absolute Gasteiger partial charge is 0.259 e. The molecule has 3 N–H and O–H groups in total. The van der Waals surface area contributed by atoms with Crippen LogP contribution in [0.4, 0.5) is 14.5 Å². The Hall–Kier alpha value is -2.98. The van der Waals surface area contributed by atoms with E-state index in [0.717, 1.165) is 18.9 Å². The van der Waals surface area contributed by atoms with Gasteiger partial charge in [0.1, 0.15) is 35.1 Å². The molecule has 3 aromatic rings. The molecule has 2 heterocycles. The number of nitrogens with one attached hydrogen (secondary N) is 2. The van der Waals surface area contributed by atoms with E-state index in [9.17, 15) is 14.3 Å². The average Bonchev–Trinajstić information content (AvgIpc) is 3.42. The molecular weight excluding hydrogens is 480 g/mol. The molecule has 188 valence electrons. The van der Waals surface area contributed by atoms with Crippen LogP contribution in [-0.2, 0) is 5.60 Å². The zero-order valence-electron chi connectivity index (χ0n) is 20.2. The lowest BCUT2D eigenvalue weighted by molar-refractivity contribution is 0.0682. The lowest BCUT2D eigenvalue weighted by Crippen LogP contribution is -2.24. The molecule has 1 saturated carbocycles. The van der Waals surface area contributed by atoms with Gasteiger partial charge >= 0.3 is 0 Å². The van der Waals surface area contributed by atoms with Crippen LogP contribution < -0.4 is 10.1 Å². The number of H-pyrrole nitrogens is 1. The third-order valence-electron chi connectivity index (χ3n) is 5.56. The van der Waals surface area contributed by atoms with Crippen LogP contribution in [0.3, 0.4) is 0 Å². The number of hydrogen-bond donors (Lipinski definition) is 3. The minimum absolute atomic E-state index is 0.0207. The van der Waals surface area contributed by atoms with Crippen LogP contribution in [-0.4, -0.2) is 43.3 Å². The highest BCUT2D eigenvalue weighted by Gasteiger charge is 2.33. The number of carbonyl (C=O) groups excluding carboxylic acids is 1. The summed E-state index contributed by atoms with van der Waals surface area (Å²) in [6, 6.07) is 4.11. The third kappa shape index (κ3) is 5.48. The van der Waals surface area contributed by atoms with Crippen molar-refractivity contribution in [2.45, 2.75) is 64.8 Å². The molecule has 0 atom stereocenters. The maximum Gasteiger partial charge on any atom is 0.259 e. The van der Waals surface area contributed by atoms with E-state index in [-0.39, 0.29) is 46.1 Å². The Balaban J connectivity index is 1.77. The zero-order valence-corrected chi connectivity index (χ0v) is 20.9. The second kappa shape index (κ2) is 8.91. The quantitative estimate of drug-likeness (QED) is 0.383. The van der Waals surface area contributed by atoms with Gasteiger partial charge < -0.3 is 15.2 Å². The SMILES string of the molecule is Cc1[nH]nc(Cl)c1NC(=O)c1cc(F)c(-c2cc(C(C)(C)O)n(C3CC3)n2)cc1OCC(C)(C)F. The van der Waals surface area contributed by atoms with Gasteiger partial charge in [0.05, 0.1) is 28.7 Å². The van der Waals surface area contributed by atoms with E-state index in [4.69, 9.17) is 16.3 Å². The summed E-state index contributed by atoms with van der Waals surface area (Å²) in [7, 11) is 0. The minimum Gasteiger partial charge on any atom is -0.489 e. The molecule has 0 saturated heterocycles. The summed E-state index contributed by atoms with van der Waals surface area (Å²) in [6.45, 7) is 7.24. The fraction of sp³-hybridized carbons (Fsp3) is 0.458. The summed E-state index contributed by atoms with van der Waals surface area (Å²) < 4.78 is 37.0. The molecule has 2 aromatic heterocycles. The van der Waals surface area contributed by atoms with E-state index >= 15 is 4.39 Å². The minimum atomic E-state index is -1.70. The number of hydrogen-bond acceptors (Lipinski definition) is 5. The lowest BCUT2D eigenvalue weighted by atomic mass is 10.0. The molecule has 11 heteroatoms. The van der Waals surface area contributed by atoms with E-state index in [1.807, 2.05) is 0 Å². The van der Waals surface area contributed by atoms with E-state index in [1.165, 1.54) is 19.9 Å². The van der Waals surface area contributed by atoms with E-state index in [0.29, 0.717) is 11.4 Å². The number of rotatable bonds is 8. The van der Waals surface area contributed by atoms with Gasteiger partial charge in [0.25, 0.3) is 5.91 Å². The normalized spacial score (nSPS) is 14.3. The summed E-state index contributed by atoms with van der Waals surface area (Å²) in [6.07, 6.45) is 1.84. The number of benzene rings is 1. The topological polar surface area (TPSA) is 105 Å². The summed E-state index contributed by atoms with van der Waals surface area (Å²) in [5.74, 6) is -1.44. The standard InChI is InChI=1S/C24H28ClF2N5O3/c1-12-20(21(25)30-29-12)28-22(33)15-8-16(26)14(9-18(15)35-11-23(2,3)27)17-10-19(24(4,5)34)32(31-17)13-6-7-13/h8-10,13,34H,6-7,11H2,1-5H3,(H,28,33)(H,29,30). The molecule has 0 aliphatic heterocycles. The zero-order chi connectivity index (χ0) is 25.7. The van der Waals surface area contributed by atoms with Crippen LogP contribution in [0.5, 0.6) is 5.75 Å². The van der Waals surface area contributed by atoms with Gasteiger partial charge in [0.15, 0.2) is 5.15 Å². The molecule has 8 nitrogen and oxygen atoms in total. The molecule has 0 radical (unpaired) electrons. The van der Waals surface area contributed by atoms with Crippen LogP contribution in [0, 0.1) is 12.7 Å². The summed E-state index contributed by atoms with van der Waals surface area (Å²) in [5, 5.41) is 24.2. The highest BCUT2D eigenvalue weighted by atomic mass is 35.5. The van der Waals surface area contributed by atoms with Crippen LogP contribution in [0.15, 0.2) is 18.2 Å². The van der Waals surface area contributed by atoms with Crippen LogP contribution >= 0.6 is 11.6 Å². The first-order chi connectivity index (χ1) is 16.2. The van der Waals surface area contributed by atoms with Crippen molar-refractivity contribution < 1.29 is 23.4 Å². The molecule has 0 bridgehead atoms. The van der Waals surface area contributed by atoms with Gasteiger partial charge in [-0.1, -0.05) is 11.6 Å². The molecule has 0 unspecified atom stereocenters. The predicted octanol–water partition coefficient (Wildman–Crippen LogP) is 5.32. The van der Waals surface area contributed by atoms with Gasteiger partial charge in [-0.05, 0) is 65.7 Å². The van der Waals surface area contributed by atoms with Crippen LogP contribution in [0.1, 0.15) is 68.3 Å². The van der Waals surface area contributed by atoms with Crippen LogP contribution in [0.25, 0.3) is 11.3 Å². The largest absolute Gasteiger partial charge is 0.489 e. The van der Waals surface area contributed by atoms with Crippen molar-refractivity contribution in [3.63, 3.8) is 0 Å². The predicted molar refractivity (Wildman–Crippen MR) is 128 cm³/mol. The van der Waals surface area contributed by atoms with Crippen molar-refractivity contribution in [2.24, 2.45) is 0 Å². The Morgan fingerprint density at radius 3 is 2.54 bits per heavy atom. The number of amides is 1. The Morgan fingerprint density at radius 2 is 2.00 bits per heavy atom. The fourth-order valence-electron chi connectivity index (χ4n) is 3.60.